The van der Waals surface area contributed by atoms with E-state index in [0.29, 0.717) is 5.56 Å². The molecule has 1 aliphatic carbocycles. The van der Waals surface area contributed by atoms with Crippen LogP contribution < -0.4 is 4.74 Å². The summed E-state index contributed by atoms with van der Waals surface area (Å²) in [5, 5.41) is 8.92. The molecule has 2 unspecified atom stereocenters. The van der Waals surface area contributed by atoms with Gasteiger partial charge in [0.2, 0.25) is 0 Å². The number of halogens is 2. The van der Waals surface area contributed by atoms with Crippen LogP contribution in [0.4, 0.5) is 8.78 Å². The van der Waals surface area contributed by atoms with E-state index >= 15 is 0 Å². The molecule has 0 radical (unpaired) electrons. The van der Waals surface area contributed by atoms with Crippen LogP contribution in [0.5, 0.6) is 11.5 Å². The Morgan fingerprint density at radius 1 is 1.32 bits per heavy atom. The Bertz CT molecular complexity index is 1060. The van der Waals surface area contributed by atoms with Crippen molar-refractivity contribution in [2.24, 2.45) is 0 Å². The normalized spacial score (nSPS) is 25.4. The molecule has 2 atom stereocenters. The van der Waals surface area contributed by atoms with Crippen LogP contribution in [0.15, 0.2) is 35.2 Å². The molecule has 25 heavy (non-hydrogen) atoms. The number of sulfone groups is 1. The number of ether oxygens (including phenoxy) is 1. The second-order valence-electron chi connectivity index (χ2n) is 6.73. The molecule has 7 heteroatoms. The zero-order valence-corrected chi connectivity index (χ0v) is 14.0. The summed E-state index contributed by atoms with van der Waals surface area (Å²) >= 11 is 0. The Balaban J connectivity index is 1.86. The average Bonchev–Trinajstić information content (AvgIpc) is 2.88. The van der Waals surface area contributed by atoms with E-state index in [-0.39, 0.29) is 39.7 Å². The summed E-state index contributed by atoms with van der Waals surface area (Å²) in [6.07, 6.45) is -1.28. The molecule has 4 nitrogen and oxygen atoms in total. The van der Waals surface area contributed by atoms with E-state index in [1.165, 1.54) is 18.2 Å². The molecule has 1 aliphatic heterocycles. The molecule has 0 aromatic heterocycles. The maximum absolute atomic E-state index is 14.7. The Kier molecular flexibility index (Phi) is 3.22. The standard InChI is InChI=1S/C18H13F2NO3S/c1-18-7-13(20)16-14(2-3-15(17(16)18)25(22,23)9-18)24-12-5-10(8-21)4-11(19)6-12/h2-6,13H,7,9H2,1H3. The number of nitriles is 1. The zero-order valence-electron chi connectivity index (χ0n) is 13.2. The van der Waals surface area contributed by atoms with Crippen LogP contribution in [0.3, 0.4) is 0 Å². The third kappa shape index (κ3) is 2.32. The molecule has 0 bridgehead atoms. The molecule has 0 spiro atoms. The second kappa shape index (κ2) is 5.02. The van der Waals surface area contributed by atoms with Gasteiger partial charge in [-0.15, -0.1) is 0 Å². The first kappa shape index (κ1) is 16.0. The summed E-state index contributed by atoms with van der Waals surface area (Å²) in [4.78, 5) is 0.148. The van der Waals surface area contributed by atoms with Gasteiger partial charge in [-0.2, -0.15) is 5.26 Å². The van der Waals surface area contributed by atoms with Crippen molar-refractivity contribution in [3.05, 3.63) is 52.8 Å². The summed E-state index contributed by atoms with van der Waals surface area (Å²) in [5.41, 5.74) is -0.0164. The van der Waals surface area contributed by atoms with Gasteiger partial charge in [0.25, 0.3) is 0 Å². The predicted molar refractivity (Wildman–Crippen MR) is 85.5 cm³/mol. The highest BCUT2D eigenvalue weighted by Crippen LogP contribution is 2.57. The van der Waals surface area contributed by atoms with Gasteiger partial charge < -0.3 is 4.74 Å². The predicted octanol–water partition coefficient (Wildman–Crippen LogP) is 3.95. The van der Waals surface area contributed by atoms with Crippen LogP contribution >= 0.6 is 0 Å². The molecule has 0 fully saturated rings. The fourth-order valence-electron chi connectivity index (χ4n) is 3.90. The molecule has 0 N–H and O–H groups in total. The molecular formula is C18H13F2NO3S. The van der Waals surface area contributed by atoms with Gasteiger partial charge >= 0.3 is 0 Å². The van der Waals surface area contributed by atoms with Crippen molar-refractivity contribution < 1.29 is 21.9 Å². The number of nitrogens with zero attached hydrogens (tertiary/aromatic N) is 1. The number of rotatable bonds is 2. The van der Waals surface area contributed by atoms with Gasteiger partial charge in [0, 0.05) is 17.0 Å². The van der Waals surface area contributed by atoms with Crippen LogP contribution in [-0.4, -0.2) is 14.2 Å². The van der Waals surface area contributed by atoms with Crippen LogP contribution in [0.25, 0.3) is 0 Å². The van der Waals surface area contributed by atoms with Crippen molar-refractivity contribution in [3.8, 4) is 17.6 Å². The molecule has 0 saturated carbocycles. The smallest absolute Gasteiger partial charge is 0.179 e. The number of hydrogen-bond acceptors (Lipinski definition) is 4. The van der Waals surface area contributed by atoms with E-state index < -0.39 is 27.2 Å². The van der Waals surface area contributed by atoms with Crippen molar-refractivity contribution in [2.45, 2.75) is 29.8 Å². The second-order valence-corrected chi connectivity index (χ2v) is 8.69. The monoisotopic (exact) mass is 361 g/mol. The van der Waals surface area contributed by atoms with Crippen molar-refractivity contribution in [2.75, 3.05) is 5.75 Å². The fourth-order valence-corrected chi connectivity index (χ4v) is 6.10. The highest BCUT2D eigenvalue weighted by atomic mass is 32.2. The Hall–Kier alpha value is -2.46. The lowest BCUT2D eigenvalue weighted by atomic mass is 9.86. The van der Waals surface area contributed by atoms with Gasteiger partial charge in [-0.1, -0.05) is 6.92 Å². The summed E-state index contributed by atoms with van der Waals surface area (Å²) in [6.45, 7) is 1.74. The first-order chi connectivity index (χ1) is 11.7. The molecule has 0 amide bonds. The molecule has 1 heterocycles. The van der Waals surface area contributed by atoms with E-state index in [1.54, 1.807) is 6.92 Å². The minimum Gasteiger partial charge on any atom is -0.457 e. The minimum atomic E-state index is -3.44. The average molecular weight is 361 g/mol. The lowest BCUT2D eigenvalue weighted by Crippen LogP contribution is -2.21. The zero-order chi connectivity index (χ0) is 18.0. The molecule has 4 rings (SSSR count). The van der Waals surface area contributed by atoms with Crippen LogP contribution in [0.1, 0.15) is 36.2 Å². The van der Waals surface area contributed by atoms with Crippen LogP contribution in [0.2, 0.25) is 0 Å². The summed E-state index contributed by atoms with van der Waals surface area (Å²) in [7, 11) is -3.44. The van der Waals surface area contributed by atoms with E-state index in [4.69, 9.17) is 10.00 Å². The number of alkyl halides is 1. The first-order valence-electron chi connectivity index (χ1n) is 7.66. The molecule has 2 aliphatic rings. The maximum atomic E-state index is 14.7. The number of benzene rings is 2. The molecule has 2 aromatic carbocycles. The quantitative estimate of drug-likeness (QED) is 0.812. The van der Waals surface area contributed by atoms with E-state index in [0.717, 1.165) is 12.1 Å². The first-order valence-corrected chi connectivity index (χ1v) is 9.31. The fraction of sp³-hybridized carbons (Fsp3) is 0.278. The molecule has 0 saturated heterocycles. The summed E-state index contributed by atoms with van der Waals surface area (Å²) in [5.74, 6) is -0.545. The third-order valence-electron chi connectivity index (χ3n) is 4.79. The van der Waals surface area contributed by atoms with Crippen LogP contribution in [0, 0.1) is 17.1 Å². The third-order valence-corrected chi connectivity index (χ3v) is 6.81. The van der Waals surface area contributed by atoms with Gasteiger partial charge in [0.1, 0.15) is 23.5 Å². The van der Waals surface area contributed by atoms with Gasteiger partial charge in [-0.25, -0.2) is 17.2 Å². The summed E-state index contributed by atoms with van der Waals surface area (Å²) < 4.78 is 58.5. The van der Waals surface area contributed by atoms with E-state index in [1.807, 2.05) is 6.07 Å². The van der Waals surface area contributed by atoms with Crippen LogP contribution in [-0.2, 0) is 15.3 Å². The lowest BCUT2D eigenvalue weighted by molar-refractivity contribution is 0.298. The summed E-state index contributed by atoms with van der Waals surface area (Å²) in [6, 6.07) is 8.14. The lowest BCUT2D eigenvalue weighted by Gasteiger charge is -2.16. The SMILES string of the molecule is CC12CC(F)c3c(Oc4cc(F)cc(C#N)c4)ccc(c31)S(=O)(=O)C2. The van der Waals surface area contributed by atoms with Gasteiger partial charge in [-0.05, 0) is 36.2 Å². The highest BCUT2D eigenvalue weighted by Gasteiger charge is 2.53. The van der Waals surface area contributed by atoms with Crippen molar-refractivity contribution in [3.63, 3.8) is 0 Å². The van der Waals surface area contributed by atoms with Crippen molar-refractivity contribution in [1.29, 1.82) is 5.26 Å². The largest absolute Gasteiger partial charge is 0.457 e. The topological polar surface area (TPSA) is 67.2 Å². The highest BCUT2D eigenvalue weighted by molar-refractivity contribution is 7.91. The van der Waals surface area contributed by atoms with E-state index in [9.17, 15) is 17.2 Å². The Morgan fingerprint density at radius 2 is 2.08 bits per heavy atom. The Morgan fingerprint density at radius 3 is 2.80 bits per heavy atom. The van der Waals surface area contributed by atoms with Crippen molar-refractivity contribution in [1.82, 2.24) is 0 Å². The van der Waals surface area contributed by atoms with Gasteiger partial charge in [-0.3, -0.25) is 0 Å². The van der Waals surface area contributed by atoms with Gasteiger partial charge in [0.05, 0.1) is 22.3 Å². The van der Waals surface area contributed by atoms with Crippen molar-refractivity contribution >= 4 is 9.84 Å². The molecular weight excluding hydrogens is 348 g/mol. The maximum Gasteiger partial charge on any atom is 0.179 e. The van der Waals surface area contributed by atoms with Gasteiger partial charge in [0.15, 0.2) is 9.84 Å². The molecule has 2 aromatic rings. The minimum absolute atomic E-state index is 0.0643. The van der Waals surface area contributed by atoms with E-state index in [2.05, 4.69) is 0 Å². The molecule has 128 valence electrons. The Labute approximate surface area is 143 Å². The number of hydrogen-bond donors (Lipinski definition) is 0.